The molecule has 2 aromatic rings. The summed E-state index contributed by atoms with van der Waals surface area (Å²) in [6, 6.07) is 12.7. The Morgan fingerprint density at radius 3 is 2.07 bits per heavy atom. The van der Waals surface area contributed by atoms with Gasteiger partial charge in [0.05, 0.1) is 20.3 Å². The van der Waals surface area contributed by atoms with Crippen LogP contribution in [0.25, 0.3) is 0 Å². The molecule has 0 aromatic heterocycles. The highest BCUT2D eigenvalue weighted by atomic mass is 16.6. The van der Waals surface area contributed by atoms with Crippen molar-refractivity contribution in [1.29, 1.82) is 0 Å². The number of carbonyl (C=O) groups is 2. The van der Waals surface area contributed by atoms with E-state index in [9.17, 15) is 14.7 Å². The summed E-state index contributed by atoms with van der Waals surface area (Å²) >= 11 is 0. The SMILES string of the molecule is COC(=O)CN(C(=O)Oc1ccc(OC)cc1)[C@@H](CC(C)C)c1ccc(O)cc1. The molecule has 0 unspecified atom stereocenters. The van der Waals surface area contributed by atoms with Crippen molar-refractivity contribution in [2.45, 2.75) is 26.3 Å². The van der Waals surface area contributed by atoms with Gasteiger partial charge in [0.15, 0.2) is 0 Å². The number of esters is 1. The van der Waals surface area contributed by atoms with Crippen LogP contribution in [-0.2, 0) is 9.53 Å². The van der Waals surface area contributed by atoms with E-state index in [-0.39, 0.29) is 18.2 Å². The van der Waals surface area contributed by atoms with Crippen LogP contribution < -0.4 is 9.47 Å². The van der Waals surface area contributed by atoms with Gasteiger partial charge in [-0.2, -0.15) is 0 Å². The number of phenolic OH excluding ortho intramolecular Hbond substituents is 1. The fourth-order valence-corrected chi connectivity index (χ4v) is 2.90. The molecular formula is C22H27NO6. The number of hydrogen-bond donors (Lipinski definition) is 1. The van der Waals surface area contributed by atoms with E-state index in [1.165, 1.54) is 12.0 Å². The summed E-state index contributed by atoms with van der Waals surface area (Å²) in [6.07, 6.45) is -0.0706. The molecule has 7 heteroatoms. The second-order valence-electron chi connectivity index (χ2n) is 6.98. The van der Waals surface area contributed by atoms with Crippen molar-refractivity contribution < 1.29 is 28.9 Å². The molecule has 0 aliphatic rings. The van der Waals surface area contributed by atoms with Gasteiger partial charge in [0.1, 0.15) is 23.8 Å². The number of phenols is 1. The van der Waals surface area contributed by atoms with Crippen LogP contribution in [0.1, 0.15) is 31.9 Å². The Morgan fingerprint density at radius 1 is 0.966 bits per heavy atom. The largest absolute Gasteiger partial charge is 0.508 e. The van der Waals surface area contributed by atoms with Gasteiger partial charge < -0.3 is 19.3 Å². The van der Waals surface area contributed by atoms with Crippen molar-refractivity contribution in [3.63, 3.8) is 0 Å². The number of benzene rings is 2. The average Bonchev–Trinajstić information content (AvgIpc) is 2.71. The predicted octanol–water partition coefficient (Wildman–Crippen LogP) is 4.16. The van der Waals surface area contributed by atoms with E-state index in [2.05, 4.69) is 0 Å². The normalized spacial score (nSPS) is 11.6. The summed E-state index contributed by atoms with van der Waals surface area (Å²) in [7, 11) is 2.82. The van der Waals surface area contributed by atoms with E-state index >= 15 is 0 Å². The molecule has 0 aliphatic carbocycles. The van der Waals surface area contributed by atoms with Crippen molar-refractivity contribution in [1.82, 2.24) is 4.90 Å². The molecule has 0 saturated carbocycles. The third-order valence-electron chi connectivity index (χ3n) is 4.37. The van der Waals surface area contributed by atoms with Crippen molar-refractivity contribution >= 4 is 12.1 Å². The molecule has 29 heavy (non-hydrogen) atoms. The van der Waals surface area contributed by atoms with E-state index in [1.807, 2.05) is 13.8 Å². The van der Waals surface area contributed by atoms with Gasteiger partial charge in [-0.05, 0) is 54.3 Å². The molecule has 0 aliphatic heterocycles. The molecule has 2 aromatic carbocycles. The van der Waals surface area contributed by atoms with Crippen molar-refractivity contribution in [3.05, 3.63) is 54.1 Å². The number of ether oxygens (including phenoxy) is 3. The summed E-state index contributed by atoms with van der Waals surface area (Å²) in [6.45, 7) is 3.79. The Hall–Kier alpha value is -3.22. The molecule has 0 heterocycles. The average molecular weight is 401 g/mol. The van der Waals surface area contributed by atoms with Crippen LogP contribution >= 0.6 is 0 Å². The molecular weight excluding hydrogens is 374 g/mol. The Bertz CT molecular complexity index is 801. The molecule has 1 amide bonds. The first-order valence-electron chi connectivity index (χ1n) is 9.32. The number of amides is 1. The quantitative estimate of drug-likeness (QED) is 0.669. The van der Waals surface area contributed by atoms with Gasteiger partial charge in [-0.3, -0.25) is 9.69 Å². The van der Waals surface area contributed by atoms with Crippen LogP contribution in [0, 0.1) is 5.92 Å². The van der Waals surface area contributed by atoms with Crippen molar-refractivity contribution in [3.8, 4) is 17.2 Å². The molecule has 0 fully saturated rings. The molecule has 0 bridgehead atoms. The van der Waals surface area contributed by atoms with Crippen LogP contribution in [0.15, 0.2) is 48.5 Å². The van der Waals surface area contributed by atoms with Gasteiger partial charge in [-0.15, -0.1) is 0 Å². The van der Waals surface area contributed by atoms with Crippen molar-refractivity contribution in [2.24, 2.45) is 5.92 Å². The molecule has 156 valence electrons. The zero-order chi connectivity index (χ0) is 21.4. The second-order valence-corrected chi connectivity index (χ2v) is 6.98. The highest BCUT2D eigenvalue weighted by molar-refractivity contribution is 5.79. The summed E-state index contributed by atoms with van der Waals surface area (Å²) in [5, 5.41) is 9.60. The maximum atomic E-state index is 13.0. The lowest BCUT2D eigenvalue weighted by molar-refractivity contribution is -0.142. The number of aromatic hydroxyl groups is 1. The number of rotatable bonds is 8. The first-order chi connectivity index (χ1) is 13.8. The van der Waals surface area contributed by atoms with Gasteiger partial charge >= 0.3 is 12.1 Å². The number of nitrogens with zero attached hydrogens (tertiary/aromatic N) is 1. The molecule has 0 saturated heterocycles. The summed E-state index contributed by atoms with van der Waals surface area (Å²) in [4.78, 5) is 26.4. The third-order valence-corrected chi connectivity index (χ3v) is 4.37. The summed E-state index contributed by atoms with van der Waals surface area (Å²) in [5.41, 5.74) is 0.784. The van der Waals surface area contributed by atoms with Gasteiger partial charge in [-0.25, -0.2) is 4.79 Å². The Labute approximate surface area is 170 Å². The van der Waals surface area contributed by atoms with E-state index in [1.54, 1.807) is 55.6 Å². The van der Waals surface area contributed by atoms with Crippen LogP contribution in [0.3, 0.4) is 0 Å². The minimum absolute atomic E-state index is 0.123. The molecule has 2 rings (SSSR count). The number of methoxy groups -OCH3 is 2. The zero-order valence-electron chi connectivity index (χ0n) is 17.1. The van der Waals surface area contributed by atoms with Gasteiger partial charge in [0, 0.05) is 0 Å². The minimum Gasteiger partial charge on any atom is -0.508 e. The zero-order valence-corrected chi connectivity index (χ0v) is 17.1. The molecule has 0 spiro atoms. The number of carbonyl (C=O) groups excluding carboxylic acids is 2. The highest BCUT2D eigenvalue weighted by Crippen LogP contribution is 2.30. The van der Waals surface area contributed by atoms with Gasteiger partial charge in [0.2, 0.25) is 0 Å². The van der Waals surface area contributed by atoms with Crippen LogP contribution in [0.5, 0.6) is 17.2 Å². The minimum atomic E-state index is -0.667. The summed E-state index contributed by atoms with van der Waals surface area (Å²) in [5.74, 6) is 0.780. The lowest BCUT2D eigenvalue weighted by Crippen LogP contribution is -2.41. The lowest BCUT2D eigenvalue weighted by atomic mass is 9.95. The molecule has 1 atom stereocenters. The predicted molar refractivity (Wildman–Crippen MR) is 108 cm³/mol. The van der Waals surface area contributed by atoms with E-state index in [0.29, 0.717) is 17.9 Å². The van der Waals surface area contributed by atoms with Crippen molar-refractivity contribution in [2.75, 3.05) is 20.8 Å². The topological polar surface area (TPSA) is 85.3 Å². The maximum absolute atomic E-state index is 13.0. The van der Waals surface area contributed by atoms with E-state index in [0.717, 1.165) is 5.56 Å². The van der Waals surface area contributed by atoms with E-state index in [4.69, 9.17) is 14.2 Å². The Morgan fingerprint density at radius 2 is 1.55 bits per heavy atom. The second kappa shape index (κ2) is 10.4. The third kappa shape index (κ3) is 6.41. The molecule has 0 radical (unpaired) electrons. The monoisotopic (exact) mass is 401 g/mol. The maximum Gasteiger partial charge on any atom is 0.416 e. The van der Waals surface area contributed by atoms with Crippen LogP contribution in [-0.4, -0.2) is 42.8 Å². The van der Waals surface area contributed by atoms with Gasteiger partial charge in [-0.1, -0.05) is 26.0 Å². The Balaban J connectivity index is 2.33. The fraction of sp³-hybridized carbons (Fsp3) is 0.364. The first-order valence-corrected chi connectivity index (χ1v) is 9.32. The lowest BCUT2D eigenvalue weighted by Gasteiger charge is -2.31. The smallest absolute Gasteiger partial charge is 0.416 e. The molecule has 1 N–H and O–H groups in total. The Kier molecular flexibility index (Phi) is 7.88. The first kappa shape index (κ1) is 22.1. The number of hydrogen-bond acceptors (Lipinski definition) is 6. The fourth-order valence-electron chi connectivity index (χ4n) is 2.90. The standard InChI is InChI=1S/C22H27NO6/c1-15(2)13-20(16-5-7-17(24)8-6-16)23(14-21(25)28-4)22(26)29-19-11-9-18(27-3)10-12-19/h5-12,15,20,24H,13-14H2,1-4H3/t20-/m0/s1. The van der Waals surface area contributed by atoms with Crippen LogP contribution in [0.4, 0.5) is 4.79 Å². The van der Waals surface area contributed by atoms with Gasteiger partial charge in [0.25, 0.3) is 0 Å². The highest BCUT2D eigenvalue weighted by Gasteiger charge is 2.30. The molecule has 7 nitrogen and oxygen atoms in total. The summed E-state index contributed by atoms with van der Waals surface area (Å²) < 4.78 is 15.4. The van der Waals surface area contributed by atoms with Crippen LogP contribution in [0.2, 0.25) is 0 Å². The van der Waals surface area contributed by atoms with E-state index < -0.39 is 18.1 Å².